The summed E-state index contributed by atoms with van der Waals surface area (Å²) < 4.78 is 10.9. The van der Waals surface area contributed by atoms with Gasteiger partial charge in [-0.3, -0.25) is 9.69 Å². The molecule has 2 fully saturated rings. The first-order valence-corrected chi connectivity index (χ1v) is 10.9. The highest BCUT2D eigenvalue weighted by molar-refractivity contribution is 5.80. The molecule has 0 spiro atoms. The van der Waals surface area contributed by atoms with Gasteiger partial charge in [-0.1, -0.05) is 24.3 Å². The van der Waals surface area contributed by atoms with Crippen LogP contribution in [0.4, 0.5) is 4.79 Å². The van der Waals surface area contributed by atoms with E-state index in [2.05, 4.69) is 22.3 Å². The smallest absolute Gasteiger partial charge is 0.410 e. The summed E-state index contributed by atoms with van der Waals surface area (Å²) in [5.41, 5.74) is 1.84. The first kappa shape index (κ1) is 22.6. The lowest BCUT2D eigenvalue weighted by Crippen LogP contribution is -2.47. The van der Waals surface area contributed by atoms with Crippen molar-refractivity contribution in [1.82, 2.24) is 15.1 Å². The molecule has 2 heterocycles. The monoisotopic (exact) mass is 417 g/mol. The molecule has 1 aromatic carbocycles. The molecule has 2 aliphatic rings. The summed E-state index contributed by atoms with van der Waals surface area (Å²) in [5.74, 6) is -0.192. The highest BCUT2D eigenvalue weighted by Crippen LogP contribution is 2.20. The zero-order valence-electron chi connectivity index (χ0n) is 18.5. The normalized spacial score (nSPS) is 20.6. The second-order valence-electron chi connectivity index (χ2n) is 9.14. The lowest BCUT2D eigenvalue weighted by atomic mass is 9.97. The minimum Gasteiger partial charge on any atom is -0.444 e. The summed E-state index contributed by atoms with van der Waals surface area (Å²) in [6, 6.07) is 8.25. The minimum atomic E-state index is -0.531. The summed E-state index contributed by atoms with van der Waals surface area (Å²) in [5, 5.41) is 3.09. The van der Waals surface area contributed by atoms with Crippen LogP contribution in [-0.4, -0.2) is 66.8 Å². The molecule has 2 saturated heterocycles. The summed E-state index contributed by atoms with van der Waals surface area (Å²) in [7, 11) is 0. The summed E-state index contributed by atoms with van der Waals surface area (Å²) in [4.78, 5) is 29.2. The Labute approximate surface area is 179 Å². The number of nitrogens with one attached hydrogen (secondary N) is 1. The number of carbonyl (C=O) groups excluding carboxylic acids is 2. The maximum absolute atomic E-state index is 12.8. The molecule has 1 N–H and O–H groups in total. The number of morpholine rings is 1. The van der Waals surface area contributed by atoms with E-state index in [1.165, 1.54) is 5.56 Å². The fourth-order valence-corrected chi connectivity index (χ4v) is 3.89. The molecule has 1 aromatic rings. The van der Waals surface area contributed by atoms with Crippen molar-refractivity contribution in [3.63, 3.8) is 0 Å². The Hall–Kier alpha value is -2.12. The molecule has 0 saturated carbocycles. The fourth-order valence-electron chi connectivity index (χ4n) is 3.89. The maximum atomic E-state index is 12.8. The lowest BCUT2D eigenvalue weighted by molar-refractivity contribution is -0.126. The second-order valence-corrected chi connectivity index (χ2v) is 9.14. The predicted octanol–water partition coefficient (Wildman–Crippen LogP) is 2.78. The number of hydrogen-bond donors (Lipinski definition) is 1. The number of rotatable bonds is 5. The Morgan fingerprint density at radius 3 is 2.53 bits per heavy atom. The van der Waals surface area contributed by atoms with Crippen LogP contribution in [0.1, 0.15) is 44.7 Å². The van der Waals surface area contributed by atoms with E-state index in [1.807, 2.05) is 32.9 Å². The van der Waals surface area contributed by atoms with Gasteiger partial charge in [0.25, 0.3) is 0 Å². The molecule has 0 bridgehead atoms. The molecule has 166 valence electrons. The number of hydrogen-bond acceptors (Lipinski definition) is 5. The zero-order valence-corrected chi connectivity index (χ0v) is 18.5. The molecule has 7 nitrogen and oxygen atoms in total. The molecule has 0 aromatic heterocycles. The quantitative estimate of drug-likeness (QED) is 0.798. The number of ether oxygens (including phenoxy) is 2. The number of piperidine rings is 1. The molecule has 0 radical (unpaired) electrons. The number of carbonyl (C=O) groups is 2. The molecule has 0 unspecified atom stereocenters. The van der Waals surface area contributed by atoms with Crippen LogP contribution >= 0.6 is 0 Å². The fraction of sp³-hybridized carbons (Fsp3) is 0.652. The molecule has 2 amide bonds. The molecule has 1 atom stereocenters. The second kappa shape index (κ2) is 10.3. The summed E-state index contributed by atoms with van der Waals surface area (Å²) >= 11 is 0. The van der Waals surface area contributed by atoms with Crippen molar-refractivity contribution in [3.8, 4) is 0 Å². The summed E-state index contributed by atoms with van der Waals surface area (Å²) in [6.45, 7) is 11.4. The van der Waals surface area contributed by atoms with Gasteiger partial charge in [-0.25, -0.2) is 4.79 Å². The van der Waals surface area contributed by atoms with Crippen LogP contribution in [0.5, 0.6) is 0 Å². The molecule has 3 rings (SSSR count). The van der Waals surface area contributed by atoms with Crippen LogP contribution in [-0.2, 0) is 27.4 Å². The van der Waals surface area contributed by atoms with E-state index in [1.54, 1.807) is 4.90 Å². The van der Waals surface area contributed by atoms with Crippen molar-refractivity contribution in [2.75, 3.05) is 39.4 Å². The molecule has 2 aliphatic heterocycles. The van der Waals surface area contributed by atoms with Crippen molar-refractivity contribution in [2.24, 2.45) is 5.92 Å². The van der Waals surface area contributed by atoms with Gasteiger partial charge in [-0.2, -0.15) is 0 Å². The van der Waals surface area contributed by atoms with Gasteiger partial charge >= 0.3 is 6.09 Å². The number of likely N-dealkylation sites (tertiary alicyclic amines) is 1. The van der Waals surface area contributed by atoms with Gasteiger partial charge in [0.05, 0.1) is 19.1 Å². The SMILES string of the molecule is CC(C)(C)OC(=O)N1CCC[C@H](C(=O)NCc2ccccc2CN2CCOCC2)C1. The number of nitrogens with zero attached hydrogens (tertiary/aromatic N) is 2. The highest BCUT2D eigenvalue weighted by atomic mass is 16.6. The van der Waals surface area contributed by atoms with Crippen LogP contribution < -0.4 is 5.32 Å². The van der Waals surface area contributed by atoms with Crippen molar-refractivity contribution < 1.29 is 19.1 Å². The third kappa shape index (κ3) is 6.71. The van der Waals surface area contributed by atoms with Crippen LogP contribution in [0.25, 0.3) is 0 Å². The van der Waals surface area contributed by atoms with E-state index in [9.17, 15) is 9.59 Å². The Morgan fingerprint density at radius 1 is 1.13 bits per heavy atom. The van der Waals surface area contributed by atoms with Gasteiger partial charge in [0.15, 0.2) is 0 Å². The third-order valence-corrected chi connectivity index (χ3v) is 5.51. The average Bonchev–Trinajstić information content (AvgIpc) is 2.72. The Balaban J connectivity index is 1.53. The number of amides is 2. The number of benzene rings is 1. The van der Waals surface area contributed by atoms with Crippen LogP contribution in [0.15, 0.2) is 24.3 Å². The van der Waals surface area contributed by atoms with Gasteiger partial charge in [0.2, 0.25) is 5.91 Å². The van der Waals surface area contributed by atoms with Gasteiger partial charge < -0.3 is 19.7 Å². The third-order valence-electron chi connectivity index (χ3n) is 5.51. The van der Waals surface area contributed by atoms with E-state index >= 15 is 0 Å². The topological polar surface area (TPSA) is 71.1 Å². The lowest BCUT2D eigenvalue weighted by Gasteiger charge is -2.33. The van der Waals surface area contributed by atoms with Crippen molar-refractivity contribution in [3.05, 3.63) is 35.4 Å². The van der Waals surface area contributed by atoms with Gasteiger partial charge in [-0.05, 0) is 44.7 Å². The largest absolute Gasteiger partial charge is 0.444 e. The van der Waals surface area contributed by atoms with Crippen molar-refractivity contribution in [1.29, 1.82) is 0 Å². The van der Waals surface area contributed by atoms with Crippen LogP contribution in [0.3, 0.4) is 0 Å². The van der Waals surface area contributed by atoms with E-state index in [0.717, 1.165) is 51.3 Å². The van der Waals surface area contributed by atoms with E-state index < -0.39 is 5.60 Å². The molecule has 0 aliphatic carbocycles. The van der Waals surface area contributed by atoms with Gasteiger partial charge in [0.1, 0.15) is 5.60 Å². The minimum absolute atomic E-state index is 0.00411. The highest BCUT2D eigenvalue weighted by Gasteiger charge is 2.31. The zero-order chi connectivity index (χ0) is 21.6. The molecular weight excluding hydrogens is 382 g/mol. The van der Waals surface area contributed by atoms with E-state index in [4.69, 9.17) is 9.47 Å². The van der Waals surface area contributed by atoms with Crippen LogP contribution in [0.2, 0.25) is 0 Å². The first-order valence-electron chi connectivity index (χ1n) is 10.9. The van der Waals surface area contributed by atoms with E-state index in [0.29, 0.717) is 19.6 Å². The van der Waals surface area contributed by atoms with E-state index in [-0.39, 0.29) is 17.9 Å². The van der Waals surface area contributed by atoms with Gasteiger partial charge in [0, 0.05) is 39.3 Å². The average molecular weight is 418 g/mol. The Morgan fingerprint density at radius 2 is 1.83 bits per heavy atom. The standard InChI is InChI=1S/C23H35N3O4/c1-23(2,3)30-22(28)26-10-6-9-20(17-26)21(27)24-15-18-7-4-5-8-19(18)16-25-11-13-29-14-12-25/h4-5,7-8,20H,6,9-17H2,1-3H3,(H,24,27)/t20-/m0/s1. The van der Waals surface area contributed by atoms with Gasteiger partial charge in [-0.15, -0.1) is 0 Å². The Kier molecular flexibility index (Phi) is 7.72. The molecule has 30 heavy (non-hydrogen) atoms. The molecule has 7 heteroatoms. The maximum Gasteiger partial charge on any atom is 0.410 e. The predicted molar refractivity (Wildman–Crippen MR) is 115 cm³/mol. The molecular formula is C23H35N3O4. The summed E-state index contributed by atoms with van der Waals surface area (Å²) in [6.07, 6.45) is 1.27. The first-order chi connectivity index (χ1) is 14.3. The Bertz CT molecular complexity index is 725. The van der Waals surface area contributed by atoms with Crippen LogP contribution in [0, 0.1) is 5.92 Å². The van der Waals surface area contributed by atoms with Crippen molar-refractivity contribution in [2.45, 2.75) is 52.3 Å². The van der Waals surface area contributed by atoms with Crippen molar-refractivity contribution >= 4 is 12.0 Å².